The Morgan fingerprint density at radius 2 is 1.59 bits per heavy atom. The Labute approximate surface area is 290 Å². The number of carbonyl (C=O) groups is 3. The standard InChI is InChI=1S/C38H51N5O6/c1-26-23-30(24-27(2)36(26)49-29(4)44)25-35(37(45)42-19-17-41(18-20-42)32-12-21-47-22-13-32)48-28(3)40-14-10-33(11-15-40)43-16-9-31-7-5-6-8-34(31)39-38(43)46/h5-8,23-24,32-33,35H,3,9-22,25H2,1-2,4H3,(H,39,46)/t35-/m1/s1. The van der Waals surface area contributed by atoms with Gasteiger partial charge in [0.1, 0.15) is 5.75 Å². The van der Waals surface area contributed by atoms with Crippen LogP contribution in [0.4, 0.5) is 10.5 Å². The predicted molar refractivity (Wildman–Crippen MR) is 187 cm³/mol. The molecule has 0 unspecified atom stereocenters. The molecule has 4 heterocycles. The van der Waals surface area contributed by atoms with Gasteiger partial charge in [-0.05, 0) is 80.9 Å². The number of anilines is 1. The minimum atomic E-state index is -0.756. The quantitative estimate of drug-likeness (QED) is 0.236. The van der Waals surface area contributed by atoms with Crippen molar-refractivity contribution in [1.82, 2.24) is 19.6 Å². The van der Waals surface area contributed by atoms with Crippen molar-refractivity contribution in [2.75, 3.05) is 64.3 Å². The molecule has 1 N–H and O–H groups in total. The third kappa shape index (κ3) is 8.38. The lowest BCUT2D eigenvalue weighted by Gasteiger charge is -2.42. The van der Waals surface area contributed by atoms with Crippen molar-refractivity contribution >= 4 is 23.6 Å². The summed E-state index contributed by atoms with van der Waals surface area (Å²) in [4.78, 5) is 47.5. The van der Waals surface area contributed by atoms with Crippen LogP contribution < -0.4 is 10.1 Å². The van der Waals surface area contributed by atoms with Crippen molar-refractivity contribution in [3.63, 3.8) is 0 Å². The van der Waals surface area contributed by atoms with E-state index in [4.69, 9.17) is 14.2 Å². The average Bonchev–Trinajstić information content (AvgIpc) is 3.27. The molecule has 0 aromatic heterocycles. The fraction of sp³-hybridized carbons (Fsp3) is 0.553. The molecule has 3 amide bonds. The molecule has 1 atom stereocenters. The molecule has 3 saturated heterocycles. The number of nitrogens with one attached hydrogen (secondary N) is 1. The van der Waals surface area contributed by atoms with Gasteiger partial charge in [-0.25, -0.2) is 4.79 Å². The summed E-state index contributed by atoms with van der Waals surface area (Å²) in [6.45, 7) is 16.1. The zero-order chi connectivity index (χ0) is 34.5. The van der Waals surface area contributed by atoms with Gasteiger partial charge in [0.15, 0.2) is 12.0 Å². The number of aryl methyl sites for hydroxylation is 2. The van der Waals surface area contributed by atoms with E-state index >= 15 is 0 Å². The van der Waals surface area contributed by atoms with Crippen LogP contribution in [-0.4, -0.2) is 115 Å². The molecule has 11 nitrogen and oxygen atoms in total. The summed E-state index contributed by atoms with van der Waals surface area (Å²) >= 11 is 0. The van der Waals surface area contributed by atoms with Gasteiger partial charge in [0, 0.05) is 90.1 Å². The van der Waals surface area contributed by atoms with Crippen LogP contribution in [0, 0.1) is 13.8 Å². The number of urea groups is 1. The van der Waals surface area contributed by atoms with Crippen molar-refractivity contribution in [2.24, 2.45) is 0 Å². The number of amides is 3. The number of para-hydroxylation sites is 1. The summed E-state index contributed by atoms with van der Waals surface area (Å²) in [5.74, 6) is 0.633. The largest absolute Gasteiger partial charge is 0.466 e. The number of hydrogen-bond donors (Lipinski definition) is 1. The number of piperidine rings is 1. The van der Waals surface area contributed by atoms with Crippen molar-refractivity contribution < 1.29 is 28.6 Å². The van der Waals surface area contributed by atoms with Crippen LogP contribution in [-0.2, 0) is 31.9 Å². The maximum absolute atomic E-state index is 14.2. The summed E-state index contributed by atoms with van der Waals surface area (Å²) in [6.07, 6.45) is 4.07. The fourth-order valence-electron chi connectivity index (χ4n) is 7.82. The Kier molecular flexibility index (Phi) is 11.1. The van der Waals surface area contributed by atoms with Gasteiger partial charge < -0.3 is 34.2 Å². The molecule has 49 heavy (non-hydrogen) atoms. The number of fused-ring (bicyclic) bond motifs is 1. The molecule has 3 fully saturated rings. The van der Waals surface area contributed by atoms with E-state index in [1.54, 1.807) is 0 Å². The summed E-state index contributed by atoms with van der Waals surface area (Å²) in [5.41, 5.74) is 4.65. The van der Waals surface area contributed by atoms with E-state index < -0.39 is 6.10 Å². The van der Waals surface area contributed by atoms with Crippen molar-refractivity contribution in [3.8, 4) is 5.75 Å². The van der Waals surface area contributed by atoms with Crippen LogP contribution in [0.25, 0.3) is 0 Å². The molecular formula is C38H51N5O6. The Bertz CT molecular complexity index is 1500. The number of hydrogen-bond acceptors (Lipinski definition) is 8. The molecule has 2 aromatic carbocycles. The Morgan fingerprint density at radius 1 is 0.918 bits per heavy atom. The SMILES string of the molecule is C=C(O[C@H](Cc1cc(C)c(OC(C)=O)c(C)c1)C(=O)N1CCN(C2CCOCC2)CC1)N1CCC(N2CCc3ccccc3NC2=O)CC1. The molecule has 4 aliphatic heterocycles. The van der Waals surface area contributed by atoms with Crippen molar-refractivity contribution in [2.45, 2.75) is 77.5 Å². The van der Waals surface area contributed by atoms with Crippen LogP contribution in [0.2, 0.25) is 0 Å². The molecule has 0 saturated carbocycles. The van der Waals surface area contributed by atoms with Crippen LogP contribution in [0.5, 0.6) is 5.75 Å². The minimum absolute atomic E-state index is 0.0390. The second-order valence-electron chi connectivity index (χ2n) is 13.8. The molecule has 264 valence electrons. The fourth-order valence-corrected chi connectivity index (χ4v) is 7.82. The van der Waals surface area contributed by atoms with E-state index in [1.807, 2.05) is 54.0 Å². The monoisotopic (exact) mass is 673 g/mol. The molecule has 2 aromatic rings. The Balaban J connectivity index is 1.11. The maximum atomic E-state index is 14.2. The number of carbonyl (C=O) groups excluding carboxylic acids is 3. The first-order chi connectivity index (χ1) is 23.7. The zero-order valence-corrected chi connectivity index (χ0v) is 29.2. The lowest BCUT2D eigenvalue weighted by atomic mass is 10.00. The topological polar surface area (TPSA) is 104 Å². The molecular weight excluding hydrogens is 622 g/mol. The zero-order valence-electron chi connectivity index (χ0n) is 29.2. The first-order valence-electron chi connectivity index (χ1n) is 17.8. The van der Waals surface area contributed by atoms with Crippen LogP contribution in [0.1, 0.15) is 54.9 Å². The second kappa shape index (κ2) is 15.6. The number of benzene rings is 2. The molecule has 0 spiro atoms. The summed E-state index contributed by atoms with van der Waals surface area (Å²) in [6, 6.07) is 12.5. The summed E-state index contributed by atoms with van der Waals surface area (Å²) in [5, 5.41) is 3.09. The van der Waals surface area contributed by atoms with E-state index in [1.165, 1.54) is 6.92 Å². The van der Waals surface area contributed by atoms with Crippen LogP contribution >= 0.6 is 0 Å². The molecule has 11 heteroatoms. The van der Waals surface area contributed by atoms with E-state index in [0.717, 1.165) is 86.3 Å². The van der Waals surface area contributed by atoms with Gasteiger partial charge in [-0.2, -0.15) is 0 Å². The molecule has 4 aliphatic rings. The number of esters is 1. The molecule has 0 aliphatic carbocycles. The van der Waals surface area contributed by atoms with Gasteiger partial charge >= 0.3 is 12.0 Å². The first-order valence-corrected chi connectivity index (χ1v) is 17.8. The van der Waals surface area contributed by atoms with E-state index in [0.29, 0.717) is 56.8 Å². The van der Waals surface area contributed by atoms with Gasteiger partial charge in [0.2, 0.25) is 0 Å². The normalized spacial score (nSPS) is 20.2. The van der Waals surface area contributed by atoms with Crippen LogP contribution in [0.3, 0.4) is 0 Å². The van der Waals surface area contributed by atoms with E-state index in [9.17, 15) is 14.4 Å². The number of likely N-dealkylation sites (tertiary alicyclic amines) is 1. The highest BCUT2D eigenvalue weighted by Gasteiger charge is 2.35. The third-order valence-electron chi connectivity index (χ3n) is 10.5. The predicted octanol–water partition coefficient (Wildman–Crippen LogP) is 4.51. The Morgan fingerprint density at radius 3 is 2.27 bits per heavy atom. The average molecular weight is 674 g/mol. The third-order valence-corrected chi connectivity index (χ3v) is 10.5. The van der Waals surface area contributed by atoms with Gasteiger partial charge in [-0.15, -0.1) is 0 Å². The lowest BCUT2D eigenvalue weighted by Crippen LogP contribution is -2.55. The highest BCUT2D eigenvalue weighted by molar-refractivity contribution is 5.91. The molecule has 0 radical (unpaired) electrons. The van der Waals surface area contributed by atoms with Gasteiger partial charge in [-0.3, -0.25) is 14.5 Å². The highest BCUT2D eigenvalue weighted by atomic mass is 16.5. The van der Waals surface area contributed by atoms with E-state index in [-0.39, 0.29) is 23.9 Å². The maximum Gasteiger partial charge on any atom is 0.322 e. The second-order valence-corrected chi connectivity index (χ2v) is 13.8. The summed E-state index contributed by atoms with van der Waals surface area (Å²) < 4.78 is 17.5. The minimum Gasteiger partial charge on any atom is -0.466 e. The van der Waals surface area contributed by atoms with Gasteiger partial charge in [-0.1, -0.05) is 30.3 Å². The number of rotatable bonds is 9. The Hall–Kier alpha value is -4.09. The van der Waals surface area contributed by atoms with Crippen LogP contribution in [0.15, 0.2) is 48.9 Å². The number of piperazine rings is 1. The summed E-state index contributed by atoms with van der Waals surface area (Å²) in [7, 11) is 0. The smallest absolute Gasteiger partial charge is 0.322 e. The first kappa shape index (κ1) is 34.8. The van der Waals surface area contributed by atoms with Gasteiger partial charge in [0.05, 0.1) is 0 Å². The van der Waals surface area contributed by atoms with Crippen molar-refractivity contribution in [3.05, 3.63) is 71.1 Å². The lowest BCUT2D eigenvalue weighted by molar-refractivity contribution is -0.145. The molecule has 6 rings (SSSR count). The highest BCUT2D eigenvalue weighted by Crippen LogP contribution is 2.29. The van der Waals surface area contributed by atoms with E-state index in [2.05, 4.69) is 27.8 Å². The molecule has 0 bridgehead atoms. The van der Waals surface area contributed by atoms with Crippen molar-refractivity contribution in [1.29, 1.82) is 0 Å². The number of ether oxygens (including phenoxy) is 3. The van der Waals surface area contributed by atoms with Gasteiger partial charge in [0.25, 0.3) is 5.91 Å². The number of nitrogens with zero attached hydrogens (tertiary/aromatic N) is 4.